The second-order valence-electron chi connectivity index (χ2n) is 6.27. The largest absolute Gasteiger partial charge is 0.375 e. The summed E-state index contributed by atoms with van der Waals surface area (Å²) < 4.78 is 37.0. The Labute approximate surface area is 131 Å². The molecular formula is C14H23N3O4S. The molecule has 1 aromatic heterocycles. The molecule has 2 aliphatic rings. The molecule has 22 heavy (non-hydrogen) atoms. The van der Waals surface area contributed by atoms with Crippen molar-refractivity contribution in [1.82, 2.24) is 14.8 Å². The number of sulfonamides is 1. The van der Waals surface area contributed by atoms with Crippen LogP contribution in [0.4, 0.5) is 0 Å². The Hall–Kier alpha value is -0.960. The summed E-state index contributed by atoms with van der Waals surface area (Å²) >= 11 is 0. The van der Waals surface area contributed by atoms with Gasteiger partial charge in [0.1, 0.15) is 5.76 Å². The van der Waals surface area contributed by atoms with E-state index in [0.717, 1.165) is 29.9 Å². The van der Waals surface area contributed by atoms with E-state index >= 15 is 0 Å². The first-order valence-corrected chi connectivity index (χ1v) is 9.49. The monoisotopic (exact) mass is 329 g/mol. The van der Waals surface area contributed by atoms with Crippen molar-refractivity contribution in [3.8, 4) is 0 Å². The molecule has 1 N–H and O–H groups in total. The van der Waals surface area contributed by atoms with Crippen LogP contribution in [-0.4, -0.2) is 56.1 Å². The maximum absolute atomic E-state index is 11.6. The quantitative estimate of drug-likeness (QED) is 0.869. The maximum Gasteiger partial charge on any atom is 0.209 e. The van der Waals surface area contributed by atoms with Crippen LogP contribution in [0.25, 0.3) is 0 Å². The lowest BCUT2D eigenvalue weighted by molar-refractivity contribution is -0.0194. The fraction of sp³-hybridized carbons (Fsp3) is 0.786. The van der Waals surface area contributed by atoms with Crippen LogP contribution in [0.2, 0.25) is 0 Å². The van der Waals surface area contributed by atoms with Gasteiger partial charge in [0.15, 0.2) is 0 Å². The average molecular weight is 329 g/mol. The molecule has 2 fully saturated rings. The van der Waals surface area contributed by atoms with Gasteiger partial charge in [-0.05, 0) is 26.7 Å². The highest BCUT2D eigenvalue weighted by Gasteiger charge is 2.45. The third-order valence-electron chi connectivity index (χ3n) is 4.54. The number of nitrogens with zero attached hydrogens (tertiary/aromatic N) is 2. The first-order valence-electron chi connectivity index (χ1n) is 7.60. The summed E-state index contributed by atoms with van der Waals surface area (Å²) in [5.41, 5.74) is 1.98. The fourth-order valence-corrected chi connectivity index (χ4v) is 4.30. The first kappa shape index (κ1) is 15.9. The maximum atomic E-state index is 11.6. The Morgan fingerprint density at radius 2 is 2.18 bits per heavy atom. The highest BCUT2D eigenvalue weighted by atomic mass is 32.2. The lowest BCUT2D eigenvalue weighted by atomic mass is 10.0. The zero-order chi connectivity index (χ0) is 15.9. The second-order valence-corrected chi connectivity index (χ2v) is 8.05. The normalized spacial score (nSPS) is 29.7. The predicted octanol–water partition coefficient (Wildman–Crippen LogP) is 0.572. The van der Waals surface area contributed by atoms with Crippen LogP contribution < -0.4 is 4.72 Å². The van der Waals surface area contributed by atoms with E-state index in [1.165, 1.54) is 6.26 Å². The van der Waals surface area contributed by atoms with Crippen molar-refractivity contribution in [2.24, 2.45) is 0 Å². The summed E-state index contributed by atoms with van der Waals surface area (Å²) in [6.45, 7) is 5.90. The number of hydrogen-bond acceptors (Lipinski definition) is 6. The van der Waals surface area contributed by atoms with Crippen molar-refractivity contribution in [2.45, 2.75) is 51.4 Å². The van der Waals surface area contributed by atoms with Crippen LogP contribution in [0, 0.1) is 13.8 Å². The minimum absolute atomic E-state index is 0.0797. The highest BCUT2D eigenvalue weighted by Crippen LogP contribution is 2.31. The van der Waals surface area contributed by atoms with Gasteiger partial charge in [-0.3, -0.25) is 4.90 Å². The van der Waals surface area contributed by atoms with Crippen LogP contribution in [-0.2, 0) is 21.3 Å². The third kappa shape index (κ3) is 3.19. The van der Waals surface area contributed by atoms with Crippen LogP contribution in [0.3, 0.4) is 0 Å². The van der Waals surface area contributed by atoms with Gasteiger partial charge in [-0.25, -0.2) is 13.1 Å². The number of aromatic nitrogens is 1. The van der Waals surface area contributed by atoms with Crippen molar-refractivity contribution in [2.75, 3.05) is 19.4 Å². The zero-order valence-electron chi connectivity index (χ0n) is 13.2. The van der Waals surface area contributed by atoms with E-state index in [9.17, 15) is 8.42 Å². The molecule has 7 nitrogen and oxygen atoms in total. The van der Waals surface area contributed by atoms with Crippen molar-refractivity contribution in [3.63, 3.8) is 0 Å². The molecule has 2 saturated heterocycles. The molecule has 0 saturated carbocycles. The topological polar surface area (TPSA) is 84.7 Å². The standard InChI is InChI=1S/C14H23N3O4S/c1-9-11(10(2)21-15-9)7-17-8-12(16-22(3,18)19)14-13(17)5-4-6-20-14/h12-14,16H,4-8H2,1-3H3/t12-,13-,14-/m1/s1. The summed E-state index contributed by atoms with van der Waals surface area (Å²) in [6.07, 6.45) is 3.15. The van der Waals surface area contributed by atoms with E-state index in [1.54, 1.807) is 0 Å². The third-order valence-corrected chi connectivity index (χ3v) is 5.27. The number of aryl methyl sites for hydroxylation is 2. The first-order chi connectivity index (χ1) is 10.3. The molecule has 124 valence electrons. The average Bonchev–Trinajstić information content (AvgIpc) is 2.93. The van der Waals surface area contributed by atoms with Gasteiger partial charge in [-0.2, -0.15) is 0 Å². The van der Waals surface area contributed by atoms with Crippen molar-refractivity contribution >= 4 is 10.0 Å². The lowest BCUT2D eigenvalue weighted by Crippen LogP contribution is -2.47. The molecule has 0 radical (unpaired) electrons. The minimum atomic E-state index is -3.25. The number of nitrogens with one attached hydrogen (secondary N) is 1. The minimum Gasteiger partial charge on any atom is -0.375 e. The molecular weight excluding hydrogens is 306 g/mol. The van der Waals surface area contributed by atoms with Gasteiger partial charge in [-0.1, -0.05) is 5.16 Å². The summed E-state index contributed by atoms with van der Waals surface area (Å²) in [7, 11) is -3.25. The number of rotatable bonds is 4. The zero-order valence-corrected chi connectivity index (χ0v) is 14.0. The molecule has 0 amide bonds. The fourth-order valence-electron chi connectivity index (χ4n) is 3.55. The Bertz CT molecular complexity index is 623. The highest BCUT2D eigenvalue weighted by molar-refractivity contribution is 7.88. The van der Waals surface area contributed by atoms with Crippen LogP contribution in [0.5, 0.6) is 0 Å². The lowest BCUT2D eigenvalue weighted by Gasteiger charge is -2.32. The summed E-state index contributed by atoms with van der Waals surface area (Å²) in [6, 6.07) is 0.0440. The van der Waals surface area contributed by atoms with Gasteiger partial charge >= 0.3 is 0 Å². The molecule has 3 atom stereocenters. The number of likely N-dealkylation sites (tertiary alicyclic amines) is 1. The molecule has 2 aliphatic heterocycles. The smallest absolute Gasteiger partial charge is 0.209 e. The molecule has 3 heterocycles. The SMILES string of the molecule is Cc1noc(C)c1CN1C[C@@H](NS(C)(=O)=O)[C@H]2OCCC[C@H]21. The van der Waals surface area contributed by atoms with Crippen LogP contribution in [0.1, 0.15) is 29.9 Å². The van der Waals surface area contributed by atoms with Crippen molar-refractivity contribution in [1.29, 1.82) is 0 Å². The Balaban J connectivity index is 1.79. The van der Waals surface area contributed by atoms with E-state index in [1.807, 2.05) is 13.8 Å². The Morgan fingerprint density at radius 3 is 2.82 bits per heavy atom. The van der Waals surface area contributed by atoms with E-state index < -0.39 is 10.0 Å². The predicted molar refractivity (Wildman–Crippen MR) is 80.9 cm³/mol. The van der Waals surface area contributed by atoms with Gasteiger partial charge in [0.2, 0.25) is 10.0 Å². The molecule has 0 aromatic carbocycles. The van der Waals surface area contributed by atoms with E-state index in [4.69, 9.17) is 9.26 Å². The molecule has 3 rings (SSSR count). The van der Waals surface area contributed by atoms with Gasteiger partial charge in [-0.15, -0.1) is 0 Å². The van der Waals surface area contributed by atoms with Crippen LogP contribution in [0.15, 0.2) is 4.52 Å². The second kappa shape index (κ2) is 5.92. The van der Waals surface area contributed by atoms with Crippen LogP contribution >= 0.6 is 0 Å². The molecule has 0 aliphatic carbocycles. The number of fused-ring (bicyclic) bond motifs is 1. The molecule has 0 spiro atoms. The number of hydrogen-bond donors (Lipinski definition) is 1. The molecule has 0 unspecified atom stereocenters. The van der Waals surface area contributed by atoms with E-state index in [0.29, 0.717) is 19.7 Å². The molecule has 8 heteroatoms. The summed E-state index contributed by atoms with van der Waals surface area (Å²) in [4.78, 5) is 2.29. The van der Waals surface area contributed by atoms with Gasteiger partial charge < -0.3 is 9.26 Å². The summed E-state index contributed by atoms with van der Waals surface area (Å²) in [5.74, 6) is 0.824. The Kier molecular flexibility index (Phi) is 4.28. The Morgan fingerprint density at radius 1 is 1.41 bits per heavy atom. The molecule has 0 bridgehead atoms. The molecule has 1 aromatic rings. The van der Waals surface area contributed by atoms with Gasteiger partial charge in [0.25, 0.3) is 0 Å². The van der Waals surface area contributed by atoms with E-state index in [-0.39, 0.29) is 18.2 Å². The summed E-state index contributed by atoms with van der Waals surface area (Å²) in [5, 5.41) is 4.00. The van der Waals surface area contributed by atoms with E-state index in [2.05, 4.69) is 14.8 Å². The van der Waals surface area contributed by atoms with Crippen molar-refractivity contribution < 1.29 is 17.7 Å². The van der Waals surface area contributed by atoms with Gasteiger partial charge in [0, 0.05) is 31.3 Å². The van der Waals surface area contributed by atoms with Crippen molar-refractivity contribution in [3.05, 3.63) is 17.0 Å². The van der Waals surface area contributed by atoms with Gasteiger partial charge in [0.05, 0.1) is 24.1 Å². The number of ether oxygens (including phenoxy) is 1.